The largest absolute Gasteiger partial charge is 0.469 e. The van der Waals surface area contributed by atoms with Gasteiger partial charge in [0.2, 0.25) is 5.78 Å². The number of Topliss-reactive ketones (excluding diaryl/α,β-unsaturated/α-hetero) is 1. The summed E-state index contributed by atoms with van der Waals surface area (Å²) in [6.07, 6.45) is 5.77. The quantitative estimate of drug-likeness (QED) is 0.585. The SMILES string of the molecule is NC(=O)C(=O)C(Cc1ccco1)NC(=O)c1cncn1-c1ccccn1. The van der Waals surface area contributed by atoms with E-state index in [0.29, 0.717) is 11.6 Å². The number of furan rings is 1. The van der Waals surface area contributed by atoms with Gasteiger partial charge >= 0.3 is 0 Å². The van der Waals surface area contributed by atoms with Gasteiger partial charge in [-0.05, 0) is 24.3 Å². The summed E-state index contributed by atoms with van der Waals surface area (Å²) in [5.41, 5.74) is 5.24. The van der Waals surface area contributed by atoms with Gasteiger partial charge in [-0.3, -0.25) is 19.0 Å². The Labute approximate surface area is 147 Å². The first-order valence-corrected chi connectivity index (χ1v) is 7.67. The minimum absolute atomic E-state index is 0.00175. The lowest BCUT2D eigenvalue weighted by Crippen LogP contribution is -2.47. The molecule has 3 heterocycles. The van der Waals surface area contributed by atoms with Crippen LogP contribution in [0.3, 0.4) is 0 Å². The predicted molar refractivity (Wildman–Crippen MR) is 89.2 cm³/mol. The van der Waals surface area contributed by atoms with E-state index in [1.54, 1.807) is 36.5 Å². The van der Waals surface area contributed by atoms with E-state index in [1.807, 2.05) is 0 Å². The number of aromatic nitrogens is 3. The Hall–Kier alpha value is -3.75. The second-order valence-corrected chi connectivity index (χ2v) is 5.37. The van der Waals surface area contributed by atoms with Crippen molar-refractivity contribution in [3.8, 4) is 5.82 Å². The molecule has 26 heavy (non-hydrogen) atoms. The molecule has 0 aliphatic heterocycles. The number of primary amides is 1. The maximum Gasteiger partial charge on any atom is 0.287 e. The molecule has 132 valence electrons. The Morgan fingerprint density at radius 3 is 2.73 bits per heavy atom. The number of carbonyl (C=O) groups excluding carboxylic acids is 3. The minimum atomic E-state index is -1.15. The van der Waals surface area contributed by atoms with E-state index < -0.39 is 23.6 Å². The predicted octanol–water partition coefficient (Wildman–Crippen LogP) is 0.256. The summed E-state index contributed by atoms with van der Waals surface area (Å²) in [6, 6.07) is 7.32. The lowest BCUT2D eigenvalue weighted by molar-refractivity contribution is -0.137. The van der Waals surface area contributed by atoms with E-state index in [-0.39, 0.29) is 12.1 Å². The lowest BCUT2D eigenvalue weighted by atomic mass is 10.1. The Bertz CT molecular complexity index is 918. The van der Waals surface area contributed by atoms with Gasteiger partial charge in [-0.2, -0.15) is 0 Å². The van der Waals surface area contributed by atoms with Crippen LogP contribution in [0.2, 0.25) is 0 Å². The van der Waals surface area contributed by atoms with Crippen LogP contribution in [0.15, 0.2) is 59.7 Å². The van der Waals surface area contributed by atoms with Crippen LogP contribution in [-0.2, 0) is 16.0 Å². The Morgan fingerprint density at radius 1 is 1.23 bits per heavy atom. The van der Waals surface area contributed by atoms with Crippen molar-refractivity contribution in [3.63, 3.8) is 0 Å². The molecule has 1 unspecified atom stereocenters. The van der Waals surface area contributed by atoms with Crippen molar-refractivity contribution in [1.29, 1.82) is 0 Å². The van der Waals surface area contributed by atoms with Crippen molar-refractivity contribution in [2.75, 3.05) is 0 Å². The molecule has 0 aromatic carbocycles. The zero-order valence-electron chi connectivity index (χ0n) is 13.5. The van der Waals surface area contributed by atoms with Crippen LogP contribution >= 0.6 is 0 Å². The Balaban J connectivity index is 1.83. The number of hydrogen-bond acceptors (Lipinski definition) is 6. The number of ketones is 1. The molecule has 0 radical (unpaired) electrons. The topological polar surface area (TPSA) is 133 Å². The Morgan fingerprint density at radius 2 is 2.08 bits per heavy atom. The van der Waals surface area contributed by atoms with Crippen molar-refractivity contribution < 1.29 is 18.8 Å². The lowest BCUT2D eigenvalue weighted by Gasteiger charge is -2.15. The smallest absolute Gasteiger partial charge is 0.287 e. The van der Waals surface area contributed by atoms with Crippen molar-refractivity contribution in [2.45, 2.75) is 12.5 Å². The molecule has 1 atom stereocenters. The third-order valence-corrected chi connectivity index (χ3v) is 3.62. The van der Waals surface area contributed by atoms with Crippen molar-refractivity contribution in [1.82, 2.24) is 19.9 Å². The van der Waals surface area contributed by atoms with Gasteiger partial charge in [0.05, 0.1) is 12.5 Å². The molecule has 0 aliphatic rings. The van der Waals surface area contributed by atoms with Crippen LogP contribution in [-0.4, -0.2) is 38.2 Å². The highest BCUT2D eigenvalue weighted by Crippen LogP contribution is 2.10. The third kappa shape index (κ3) is 3.66. The minimum Gasteiger partial charge on any atom is -0.469 e. The number of rotatable bonds is 7. The van der Waals surface area contributed by atoms with Gasteiger partial charge in [-0.25, -0.2) is 9.97 Å². The van der Waals surface area contributed by atoms with Gasteiger partial charge in [0.15, 0.2) is 0 Å². The fourth-order valence-corrected chi connectivity index (χ4v) is 2.38. The second-order valence-electron chi connectivity index (χ2n) is 5.37. The van der Waals surface area contributed by atoms with Crippen LogP contribution < -0.4 is 11.1 Å². The summed E-state index contributed by atoms with van der Waals surface area (Å²) in [5.74, 6) is -1.74. The zero-order chi connectivity index (χ0) is 18.5. The number of nitrogens with zero attached hydrogens (tertiary/aromatic N) is 3. The molecule has 0 aliphatic carbocycles. The molecule has 3 aromatic heterocycles. The van der Waals surface area contributed by atoms with E-state index in [4.69, 9.17) is 10.2 Å². The number of amides is 2. The number of nitrogens with one attached hydrogen (secondary N) is 1. The van der Waals surface area contributed by atoms with Crippen LogP contribution in [0.5, 0.6) is 0 Å². The molecular weight excluding hydrogens is 338 g/mol. The zero-order valence-corrected chi connectivity index (χ0v) is 13.5. The standard InChI is InChI=1S/C17H15N5O4/c18-16(24)15(23)12(8-11-4-3-7-26-11)21-17(25)13-9-19-10-22(13)14-5-1-2-6-20-14/h1-7,9-10,12H,8H2,(H2,18,24)(H,21,25). The highest BCUT2D eigenvalue weighted by atomic mass is 16.3. The number of imidazole rings is 1. The third-order valence-electron chi connectivity index (χ3n) is 3.62. The van der Waals surface area contributed by atoms with Crippen molar-refractivity contribution in [3.05, 3.63) is 66.8 Å². The molecule has 2 amide bonds. The van der Waals surface area contributed by atoms with E-state index in [2.05, 4.69) is 15.3 Å². The van der Waals surface area contributed by atoms with Crippen LogP contribution in [0.25, 0.3) is 5.82 Å². The van der Waals surface area contributed by atoms with Crippen molar-refractivity contribution >= 4 is 17.6 Å². The number of nitrogens with two attached hydrogens (primary N) is 1. The molecule has 9 heteroatoms. The molecule has 0 fully saturated rings. The highest BCUT2D eigenvalue weighted by molar-refractivity contribution is 6.38. The van der Waals surface area contributed by atoms with Crippen molar-refractivity contribution in [2.24, 2.45) is 5.73 Å². The monoisotopic (exact) mass is 353 g/mol. The molecule has 3 N–H and O–H groups in total. The Kier molecular flexibility index (Phi) is 4.88. The maximum absolute atomic E-state index is 12.6. The van der Waals surface area contributed by atoms with E-state index in [1.165, 1.54) is 23.4 Å². The fourth-order valence-electron chi connectivity index (χ4n) is 2.38. The molecule has 0 spiro atoms. The molecule has 9 nitrogen and oxygen atoms in total. The van der Waals surface area contributed by atoms with Crippen LogP contribution in [0, 0.1) is 0 Å². The van der Waals surface area contributed by atoms with E-state index in [9.17, 15) is 14.4 Å². The number of carbonyl (C=O) groups is 3. The highest BCUT2D eigenvalue weighted by Gasteiger charge is 2.28. The maximum atomic E-state index is 12.6. The first-order valence-electron chi connectivity index (χ1n) is 7.67. The first-order chi connectivity index (χ1) is 12.6. The van der Waals surface area contributed by atoms with Gasteiger partial charge in [0, 0.05) is 12.6 Å². The molecule has 0 saturated heterocycles. The van der Waals surface area contributed by atoms with Gasteiger partial charge in [-0.1, -0.05) is 6.07 Å². The second kappa shape index (κ2) is 7.43. The number of pyridine rings is 1. The normalized spacial score (nSPS) is 11.7. The number of hydrogen-bond donors (Lipinski definition) is 2. The summed E-state index contributed by atoms with van der Waals surface area (Å²) < 4.78 is 6.64. The average Bonchev–Trinajstić information content (AvgIpc) is 3.32. The van der Waals surface area contributed by atoms with E-state index in [0.717, 1.165) is 0 Å². The summed E-state index contributed by atoms with van der Waals surface area (Å²) in [5, 5.41) is 2.51. The fraction of sp³-hybridized carbons (Fsp3) is 0.118. The van der Waals surface area contributed by atoms with Gasteiger partial charge in [-0.15, -0.1) is 0 Å². The van der Waals surface area contributed by atoms with Gasteiger partial charge in [0.25, 0.3) is 11.8 Å². The molecule has 3 aromatic rings. The van der Waals surface area contributed by atoms with Gasteiger partial charge in [0.1, 0.15) is 29.6 Å². The van der Waals surface area contributed by atoms with Gasteiger partial charge < -0.3 is 15.5 Å². The summed E-state index contributed by atoms with van der Waals surface area (Å²) >= 11 is 0. The first kappa shape index (κ1) is 17.1. The van der Waals surface area contributed by atoms with Crippen LogP contribution in [0.4, 0.5) is 0 Å². The van der Waals surface area contributed by atoms with E-state index >= 15 is 0 Å². The average molecular weight is 353 g/mol. The molecule has 0 saturated carbocycles. The molecule has 3 rings (SSSR count). The summed E-state index contributed by atoms with van der Waals surface area (Å²) in [6.45, 7) is 0. The molecular formula is C17H15N5O4. The molecule has 0 bridgehead atoms. The van der Waals surface area contributed by atoms with Crippen LogP contribution in [0.1, 0.15) is 16.2 Å². The summed E-state index contributed by atoms with van der Waals surface area (Å²) in [7, 11) is 0. The summed E-state index contributed by atoms with van der Waals surface area (Å²) in [4.78, 5) is 44.1.